The first-order valence-corrected chi connectivity index (χ1v) is 6.05. The number of benzene rings is 1. The number of unbranched alkanes of at least 4 members (excludes halogenated alkanes) is 1. The maximum absolute atomic E-state index is 8.58. The summed E-state index contributed by atoms with van der Waals surface area (Å²) in [5.74, 6) is -0.679. The average Bonchev–Trinajstić information content (AvgIpc) is 2.80. The first-order valence-electron chi connectivity index (χ1n) is 5.68. The van der Waals surface area contributed by atoms with Gasteiger partial charge in [-0.2, -0.15) is 5.26 Å². The van der Waals surface area contributed by atoms with E-state index in [0.29, 0.717) is 31.1 Å². The minimum atomic E-state index is -0.679. The maximum atomic E-state index is 8.58. The molecule has 1 fully saturated rings. The molecule has 1 aliphatic heterocycles. The van der Waals surface area contributed by atoms with Gasteiger partial charge in [0.25, 0.3) is 0 Å². The molecule has 0 atom stereocenters. The second-order valence-electron chi connectivity index (χ2n) is 3.97. The highest BCUT2D eigenvalue weighted by molar-refractivity contribution is 6.30. The van der Waals surface area contributed by atoms with E-state index in [1.54, 1.807) is 0 Å². The zero-order valence-corrected chi connectivity index (χ0v) is 10.2. The van der Waals surface area contributed by atoms with E-state index in [9.17, 15) is 0 Å². The van der Waals surface area contributed by atoms with Gasteiger partial charge in [-0.05, 0) is 18.6 Å². The van der Waals surface area contributed by atoms with E-state index in [1.165, 1.54) is 0 Å². The Morgan fingerprint density at radius 2 is 1.88 bits per heavy atom. The van der Waals surface area contributed by atoms with Crippen LogP contribution >= 0.6 is 11.6 Å². The van der Waals surface area contributed by atoms with Crippen molar-refractivity contribution in [2.45, 2.75) is 25.0 Å². The summed E-state index contributed by atoms with van der Waals surface area (Å²) in [5.41, 5.74) is 0.970. The number of nitrogens with zero attached hydrogens (tertiary/aromatic N) is 1. The highest BCUT2D eigenvalue weighted by Gasteiger charge is 2.37. The molecule has 1 aromatic rings. The molecule has 0 aliphatic carbocycles. The molecule has 0 unspecified atom stereocenters. The molecule has 0 saturated carbocycles. The van der Waals surface area contributed by atoms with Crippen LogP contribution in [0.25, 0.3) is 0 Å². The van der Waals surface area contributed by atoms with Crippen molar-refractivity contribution in [3.63, 3.8) is 0 Å². The van der Waals surface area contributed by atoms with Gasteiger partial charge in [0.15, 0.2) is 5.79 Å². The molecule has 0 spiro atoms. The molecule has 0 N–H and O–H groups in total. The predicted molar refractivity (Wildman–Crippen MR) is 64.5 cm³/mol. The first kappa shape index (κ1) is 12.4. The first-order chi connectivity index (χ1) is 8.27. The van der Waals surface area contributed by atoms with E-state index < -0.39 is 5.79 Å². The SMILES string of the molecule is N#CCCCC1(c2ccc(Cl)cc2)OCCO1. The number of ether oxygens (including phenoxy) is 2. The van der Waals surface area contributed by atoms with Crippen LogP contribution in [0, 0.1) is 11.3 Å². The van der Waals surface area contributed by atoms with Crippen LogP contribution in [-0.2, 0) is 15.3 Å². The van der Waals surface area contributed by atoms with Crippen LogP contribution < -0.4 is 0 Å². The molecule has 1 aromatic carbocycles. The highest BCUT2D eigenvalue weighted by atomic mass is 35.5. The second-order valence-corrected chi connectivity index (χ2v) is 4.40. The summed E-state index contributed by atoms with van der Waals surface area (Å²) < 4.78 is 11.5. The molecule has 17 heavy (non-hydrogen) atoms. The summed E-state index contributed by atoms with van der Waals surface area (Å²) in [6, 6.07) is 9.63. The van der Waals surface area contributed by atoms with Crippen molar-refractivity contribution in [1.82, 2.24) is 0 Å². The fourth-order valence-electron chi connectivity index (χ4n) is 2.01. The number of halogens is 1. The quantitative estimate of drug-likeness (QED) is 0.772. The summed E-state index contributed by atoms with van der Waals surface area (Å²) in [5, 5.41) is 9.28. The molecule has 90 valence electrons. The van der Waals surface area contributed by atoms with E-state index in [1.807, 2.05) is 24.3 Å². The van der Waals surface area contributed by atoms with Gasteiger partial charge in [0.1, 0.15) is 0 Å². The monoisotopic (exact) mass is 251 g/mol. The summed E-state index contributed by atoms with van der Waals surface area (Å²) in [6.07, 6.45) is 1.98. The molecule has 0 aromatic heterocycles. The van der Waals surface area contributed by atoms with Crippen molar-refractivity contribution < 1.29 is 9.47 Å². The highest BCUT2D eigenvalue weighted by Crippen LogP contribution is 2.36. The van der Waals surface area contributed by atoms with Gasteiger partial charge in [0.05, 0.1) is 19.3 Å². The van der Waals surface area contributed by atoms with Gasteiger partial charge in [-0.1, -0.05) is 23.7 Å². The largest absolute Gasteiger partial charge is 0.343 e. The van der Waals surface area contributed by atoms with Crippen molar-refractivity contribution in [2.24, 2.45) is 0 Å². The molecule has 0 bridgehead atoms. The second kappa shape index (κ2) is 5.50. The van der Waals surface area contributed by atoms with E-state index in [4.69, 9.17) is 26.3 Å². The summed E-state index contributed by atoms with van der Waals surface area (Å²) in [7, 11) is 0. The number of nitriles is 1. The van der Waals surface area contributed by atoms with Crippen LogP contribution in [0.1, 0.15) is 24.8 Å². The van der Waals surface area contributed by atoms with Crippen LogP contribution in [0.5, 0.6) is 0 Å². The molecule has 1 saturated heterocycles. The number of hydrogen-bond donors (Lipinski definition) is 0. The summed E-state index contributed by atoms with van der Waals surface area (Å²) in [6.45, 7) is 1.18. The third-order valence-corrected chi connectivity index (χ3v) is 3.08. The predicted octanol–water partition coefficient (Wildman–Crippen LogP) is 3.23. The van der Waals surface area contributed by atoms with Gasteiger partial charge >= 0.3 is 0 Å². The molecular weight excluding hydrogens is 238 g/mol. The molecule has 2 rings (SSSR count). The standard InChI is InChI=1S/C13H14ClNO2/c14-12-5-3-11(4-6-12)13(7-1-2-8-15)16-9-10-17-13/h3-6H,1-2,7,9-10H2. The average molecular weight is 252 g/mol. The van der Waals surface area contributed by atoms with E-state index in [0.717, 1.165) is 12.0 Å². The fourth-order valence-corrected chi connectivity index (χ4v) is 2.14. The molecule has 4 heteroatoms. The molecule has 1 aliphatic rings. The lowest BCUT2D eigenvalue weighted by Gasteiger charge is -2.27. The van der Waals surface area contributed by atoms with Crippen LogP contribution in [0.4, 0.5) is 0 Å². The van der Waals surface area contributed by atoms with Gasteiger partial charge in [-0.15, -0.1) is 0 Å². The lowest BCUT2D eigenvalue weighted by molar-refractivity contribution is -0.171. The van der Waals surface area contributed by atoms with E-state index >= 15 is 0 Å². The Morgan fingerprint density at radius 1 is 1.24 bits per heavy atom. The topological polar surface area (TPSA) is 42.2 Å². The van der Waals surface area contributed by atoms with Gasteiger partial charge < -0.3 is 9.47 Å². The maximum Gasteiger partial charge on any atom is 0.195 e. The Balaban J connectivity index is 2.16. The minimum absolute atomic E-state index is 0.516. The Labute approximate surface area is 106 Å². The molecule has 1 heterocycles. The van der Waals surface area contributed by atoms with Crippen molar-refractivity contribution in [3.8, 4) is 6.07 Å². The zero-order chi connectivity index (χ0) is 12.1. The molecule has 3 nitrogen and oxygen atoms in total. The normalized spacial score (nSPS) is 17.9. The Kier molecular flexibility index (Phi) is 4.01. The summed E-state index contributed by atoms with van der Waals surface area (Å²) in [4.78, 5) is 0. The minimum Gasteiger partial charge on any atom is -0.343 e. The Hall–Kier alpha value is -1.08. The van der Waals surface area contributed by atoms with Crippen LogP contribution in [0.2, 0.25) is 5.02 Å². The number of hydrogen-bond acceptors (Lipinski definition) is 3. The fraction of sp³-hybridized carbons (Fsp3) is 0.462. The molecule has 0 amide bonds. The third-order valence-electron chi connectivity index (χ3n) is 2.83. The van der Waals surface area contributed by atoms with Gasteiger partial charge in [-0.25, -0.2) is 0 Å². The Morgan fingerprint density at radius 3 is 2.47 bits per heavy atom. The summed E-state index contributed by atoms with van der Waals surface area (Å²) >= 11 is 5.87. The van der Waals surface area contributed by atoms with E-state index in [-0.39, 0.29) is 0 Å². The van der Waals surface area contributed by atoms with Gasteiger partial charge in [0, 0.05) is 23.4 Å². The molecule has 0 radical (unpaired) electrons. The van der Waals surface area contributed by atoms with Crippen molar-refractivity contribution in [3.05, 3.63) is 34.9 Å². The van der Waals surface area contributed by atoms with Crippen molar-refractivity contribution >= 4 is 11.6 Å². The smallest absolute Gasteiger partial charge is 0.195 e. The number of rotatable bonds is 4. The van der Waals surface area contributed by atoms with E-state index in [2.05, 4.69) is 6.07 Å². The molecular formula is C13H14ClNO2. The van der Waals surface area contributed by atoms with Crippen LogP contribution in [0.3, 0.4) is 0 Å². The van der Waals surface area contributed by atoms with Crippen LogP contribution in [-0.4, -0.2) is 13.2 Å². The lowest BCUT2D eigenvalue weighted by atomic mass is 10.00. The lowest BCUT2D eigenvalue weighted by Crippen LogP contribution is -2.27. The van der Waals surface area contributed by atoms with Gasteiger partial charge in [-0.3, -0.25) is 0 Å². The van der Waals surface area contributed by atoms with Crippen molar-refractivity contribution in [1.29, 1.82) is 5.26 Å². The van der Waals surface area contributed by atoms with Crippen LogP contribution in [0.15, 0.2) is 24.3 Å². The van der Waals surface area contributed by atoms with Gasteiger partial charge in [0.2, 0.25) is 0 Å². The third kappa shape index (κ3) is 2.78. The zero-order valence-electron chi connectivity index (χ0n) is 9.49. The van der Waals surface area contributed by atoms with Crippen molar-refractivity contribution in [2.75, 3.05) is 13.2 Å². The Bertz CT molecular complexity index is 404.